The van der Waals surface area contributed by atoms with Gasteiger partial charge in [-0.05, 0) is 42.5 Å². The number of carbonyl (C=O) groups is 1. The molecular formula is C21H15F5N2O3S. The average molecular weight is 470 g/mol. The van der Waals surface area contributed by atoms with Crippen molar-refractivity contribution in [3.8, 4) is 0 Å². The Hall–Kier alpha value is -3.47. The van der Waals surface area contributed by atoms with Crippen LogP contribution in [0, 0.1) is 11.6 Å². The van der Waals surface area contributed by atoms with E-state index in [0.717, 1.165) is 30.3 Å². The molecule has 0 fully saturated rings. The van der Waals surface area contributed by atoms with Crippen molar-refractivity contribution >= 4 is 27.3 Å². The van der Waals surface area contributed by atoms with E-state index in [0.29, 0.717) is 16.4 Å². The Morgan fingerprint density at radius 3 is 2.19 bits per heavy atom. The summed E-state index contributed by atoms with van der Waals surface area (Å²) in [5, 5.41) is 2.20. The van der Waals surface area contributed by atoms with Crippen LogP contribution in [-0.2, 0) is 21.0 Å². The van der Waals surface area contributed by atoms with Gasteiger partial charge >= 0.3 is 6.18 Å². The predicted octanol–water partition coefficient (Wildman–Crippen LogP) is 4.82. The molecule has 0 aliphatic carbocycles. The fourth-order valence-corrected chi connectivity index (χ4v) is 4.21. The SMILES string of the molecule is O=C(CN(c1cccc(C(F)(F)F)c1)S(=O)(=O)c1ccccc1)Nc1ccc(F)c(F)c1. The number of carbonyl (C=O) groups excluding carboxylic acids is 1. The van der Waals surface area contributed by atoms with Gasteiger partial charge in [-0.1, -0.05) is 24.3 Å². The normalized spacial score (nSPS) is 11.8. The number of sulfonamides is 1. The molecule has 32 heavy (non-hydrogen) atoms. The zero-order chi connectivity index (χ0) is 23.5. The topological polar surface area (TPSA) is 66.5 Å². The first-order valence-electron chi connectivity index (χ1n) is 8.98. The Labute approximate surface area is 180 Å². The molecule has 3 aromatic rings. The largest absolute Gasteiger partial charge is 0.416 e. The Morgan fingerprint density at radius 1 is 0.875 bits per heavy atom. The number of amides is 1. The lowest BCUT2D eigenvalue weighted by atomic mass is 10.2. The van der Waals surface area contributed by atoms with Gasteiger partial charge in [0.2, 0.25) is 5.91 Å². The summed E-state index contributed by atoms with van der Waals surface area (Å²) < 4.78 is 92.7. The maximum Gasteiger partial charge on any atom is 0.416 e. The van der Waals surface area contributed by atoms with Crippen LogP contribution in [0.15, 0.2) is 77.7 Å². The molecule has 0 aliphatic rings. The van der Waals surface area contributed by atoms with E-state index in [4.69, 9.17) is 0 Å². The van der Waals surface area contributed by atoms with E-state index >= 15 is 0 Å². The first-order valence-corrected chi connectivity index (χ1v) is 10.4. The Morgan fingerprint density at radius 2 is 1.56 bits per heavy atom. The van der Waals surface area contributed by atoms with Crippen LogP contribution in [-0.4, -0.2) is 20.9 Å². The van der Waals surface area contributed by atoms with E-state index in [9.17, 15) is 35.2 Å². The van der Waals surface area contributed by atoms with Gasteiger partial charge in [-0.2, -0.15) is 13.2 Å². The minimum absolute atomic E-state index is 0.157. The molecule has 3 aromatic carbocycles. The van der Waals surface area contributed by atoms with Crippen LogP contribution in [0.2, 0.25) is 0 Å². The summed E-state index contributed by atoms with van der Waals surface area (Å²) in [5.41, 5.74) is -1.66. The predicted molar refractivity (Wildman–Crippen MR) is 107 cm³/mol. The van der Waals surface area contributed by atoms with E-state index in [1.807, 2.05) is 0 Å². The molecule has 0 bridgehead atoms. The number of hydrogen-bond donors (Lipinski definition) is 1. The molecule has 0 heterocycles. The maximum absolute atomic E-state index is 13.4. The van der Waals surface area contributed by atoms with Crippen LogP contribution < -0.4 is 9.62 Å². The second-order valence-corrected chi connectivity index (χ2v) is 8.41. The highest BCUT2D eigenvalue weighted by Crippen LogP contribution is 2.33. The van der Waals surface area contributed by atoms with Crippen molar-refractivity contribution in [2.45, 2.75) is 11.1 Å². The number of hydrogen-bond acceptors (Lipinski definition) is 3. The molecule has 0 spiro atoms. The third-order valence-electron chi connectivity index (χ3n) is 4.28. The lowest BCUT2D eigenvalue weighted by molar-refractivity contribution is -0.137. The smallest absolute Gasteiger partial charge is 0.324 e. The summed E-state index contributed by atoms with van der Waals surface area (Å²) in [4.78, 5) is 12.2. The van der Waals surface area contributed by atoms with Crippen LogP contribution in [0.4, 0.5) is 33.3 Å². The monoisotopic (exact) mass is 470 g/mol. The summed E-state index contributed by atoms with van der Waals surface area (Å²) in [6.45, 7) is -0.919. The summed E-state index contributed by atoms with van der Waals surface area (Å²) >= 11 is 0. The number of rotatable bonds is 6. The van der Waals surface area contributed by atoms with Crippen molar-refractivity contribution in [3.05, 3.63) is 90.0 Å². The fraction of sp³-hybridized carbons (Fsp3) is 0.0952. The van der Waals surface area contributed by atoms with Crippen LogP contribution in [0.3, 0.4) is 0 Å². The molecule has 3 rings (SSSR count). The summed E-state index contributed by atoms with van der Waals surface area (Å²) in [5.74, 6) is -3.37. The molecule has 0 aromatic heterocycles. The molecule has 1 N–H and O–H groups in total. The maximum atomic E-state index is 13.4. The second kappa shape index (κ2) is 8.95. The summed E-state index contributed by atoms with van der Waals surface area (Å²) in [7, 11) is -4.45. The molecule has 0 unspecified atom stereocenters. The molecule has 0 atom stereocenters. The number of halogens is 5. The van der Waals surface area contributed by atoms with Crippen LogP contribution in [0.25, 0.3) is 0 Å². The van der Waals surface area contributed by atoms with Gasteiger partial charge in [0.15, 0.2) is 11.6 Å². The quantitative estimate of drug-likeness (QED) is 0.526. The Balaban J connectivity index is 1.99. The van der Waals surface area contributed by atoms with Gasteiger partial charge in [-0.3, -0.25) is 9.10 Å². The molecule has 0 saturated heterocycles. The zero-order valence-electron chi connectivity index (χ0n) is 16.1. The second-order valence-electron chi connectivity index (χ2n) is 6.55. The van der Waals surface area contributed by atoms with E-state index in [2.05, 4.69) is 5.32 Å². The molecule has 0 aliphatic heterocycles. The molecule has 1 amide bonds. The molecule has 0 saturated carbocycles. The van der Waals surface area contributed by atoms with E-state index in [-0.39, 0.29) is 10.6 Å². The van der Waals surface area contributed by atoms with E-state index < -0.39 is 51.5 Å². The van der Waals surface area contributed by atoms with Gasteiger partial charge in [-0.25, -0.2) is 17.2 Å². The average Bonchev–Trinajstić information content (AvgIpc) is 2.74. The van der Waals surface area contributed by atoms with Crippen LogP contribution in [0.5, 0.6) is 0 Å². The number of nitrogens with one attached hydrogen (secondary N) is 1. The molecule has 5 nitrogen and oxygen atoms in total. The third kappa shape index (κ3) is 5.22. The molecule has 0 radical (unpaired) electrons. The lowest BCUT2D eigenvalue weighted by Crippen LogP contribution is -2.38. The van der Waals surface area contributed by atoms with Crippen molar-refractivity contribution in [3.63, 3.8) is 0 Å². The minimum atomic E-state index is -4.74. The Kier molecular flexibility index (Phi) is 6.49. The molecule has 168 valence electrons. The van der Waals surface area contributed by atoms with Gasteiger partial charge in [0, 0.05) is 11.8 Å². The highest BCUT2D eigenvalue weighted by Gasteiger charge is 2.33. The number of nitrogens with zero attached hydrogens (tertiary/aromatic N) is 1. The summed E-state index contributed by atoms with van der Waals surface area (Å²) in [6, 6.07) is 12.8. The van der Waals surface area contributed by atoms with Crippen molar-refractivity contribution in [1.29, 1.82) is 0 Å². The lowest BCUT2D eigenvalue weighted by Gasteiger charge is -2.25. The van der Waals surface area contributed by atoms with Crippen molar-refractivity contribution in [2.24, 2.45) is 0 Å². The Bertz CT molecular complexity index is 1230. The third-order valence-corrected chi connectivity index (χ3v) is 6.07. The summed E-state index contributed by atoms with van der Waals surface area (Å²) in [6.07, 6.45) is -4.74. The van der Waals surface area contributed by atoms with Crippen LogP contribution in [0.1, 0.15) is 5.56 Å². The van der Waals surface area contributed by atoms with Gasteiger partial charge in [0.05, 0.1) is 16.1 Å². The molecular weight excluding hydrogens is 455 g/mol. The number of anilines is 2. The number of benzene rings is 3. The highest BCUT2D eigenvalue weighted by molar-refractivity contribution is 7.92. The van der Waals surface area contributed by atoms with Crippen molar-refractivity contribution in [1.82, 2.24) is 0 Å². The van der Waals surface area contributed by atoms with E-state index in [1.54, 1.807) is 6.07 Å². The molecule has 11 heteroatoms. The number of alkyl halides is 3. The van der Waals surface area contributed by atoms with Gasteiger partial charge in [-0.15, -0.1) is 0 Å². The van der Waals surface area contributed by atoms with Crippen molar-refractivity contribution < 1.29 is 35.2 Å². The first-order chi connectivity index (χ1) is 15.0. The van der Waals surface area contributed by atoms with Gasteiger partial charge in [0.1, 0.15) is 6.54 Å². The first kappa shape index (κ1) is 23.2. The minimum Gasteiger partial charge on any atom is -0.324 e. The van der Waals surface area contributed by atoms with Gasteiger partial charge in [0.25, 0.3) is 10.0 Å². The zero-order valence-corrected chi connectivity index (χ0v) is 16.9. The highest BCUT2D eigenvalue weighted by atomic mass is 32.2. The van der Waals surface area contributed by atoms with Crippen molar-refractivity contribution in [2.75, 3.05) is 16.2 Å². The standard InChI is InChI=1S/C21H15F5N2O3S/c22-18-10-9-15(12-19(18)23)27-20(29)13-28(32(30,31)17-7-2-1-3-8-17)16-6-4-5-14(11-16)21(24,25)26/h1-12H,13H2,(H,27,29). The van der Waals surface area contributed by atoms with Crippen LogP contribution >= 0.6 is 0 Å². The van der Waals surface area contributed by atoms with Gasteiger partial charge < -0.3 is 5.32 Å². The fourth-order valence-electron chi connectivity index (χ4n) is 2.78. The van der Waals surface area contributed by atoms with E-state index in [1.165, 1.54) is 24.3 Å².